The van der Waals surface area contributed by atoms with Crippen LogP contribution >= 0.6 is 11.8 Å². The molecule has 2 rings (SSSR count). The Morgan fingerprint density at radius 1 is 1.35 bits per heavy atom. The summed E-state index contributed by atoms with van der Waals surface area (Å²) in [5.41, 5.74) is 7.04. The summed E-state index contributed by atoms with van der Waals surface area (Å²) in [6, 6.07) is 4.66. The Hall–Kier alpha value is -1.82. The second kappa shape index (κ2) is 6.09. The highest BCUT2D eigenvalue weighted by Gasteiger charge is 2.12. The van der Waals surface area contributed by atoms with E-state index in [4.69, 9.17) is 10.5 Å². The maximum absolute atomic E-state index is 13.7. The van der Waals surface area contributed by atoms with Gasteiger partial charge in [-0.2, -0.15) is 0 Å². The van der Waals surface area contributed by atoms with Gasteiger partial charge in [0.25, 0.3) is 0 Å². The van der Waals surface area contributed by atoms with Gasteiger partial charge in [-0.05, 0) is 44.7 Å². The molecule has 20 heavy (non-hydrogen) atoms. The molecule has 2 aromatic rings. The van der Waals surface area contributed by atoms with Crippen molar-refractivity contribution in [3.8, 4) is 5.75 Å². The summed E-state index contributed by atoms with van der Waals surface area (Å²) in [5.74, 6) is -0.282. The van der Waals surface area contributed by atoms with Gasteiger partial charge >= 0.3 is 0 Å². The smallest absolute Gasteiger partial charge is 0.192 e. The number of hydrogen-bond acceptors (Lipinski definition) is 5. The molecule has 0 radical (unpaired) electrons. The average molecular weight is 293 g/mol. The quantitative estimate of drug-likeness (QED) is 0.691. The van der Waals surface area contributed by atoms with Gasteiger partial charge in [0.1, 0.15) is 0 Å². The van der Waals surface area contributed by atoms with Crippen LogP contribution < -0.4 is 10.5 Å². The fourth-order valence-electron chi connectivity index (χ4n) is 1.56. The third kappa shape index (κ3) is 3.60. The molecule has 0 fully saturated rings. The molecular weight excluding hydrogens is 277 g/mol. The maximum Gasteiger partial charge on any atom is 0.192 e. The summed E-state index contributed by atoms with van der Waals surface area (Å²) >= 11 is 1.28. The number of nitrogens with two attached hydrogens (primary N) is 1. The molecule has 0 aliphatic rings. The molecule has 0 saturated heterocycles. The van der Waals surface area contributed by atoms with E-state index in [0.29, 0.717) is 15.7 Å². The van der Waals surface area contributed by atoms with Crippen LogP contribution in [0.3, 0.4) is 0 Å². The van der Waals surface area contributed by atoms with Crippen molar-refractivity contribution < 1.29 is 9.13 Å². The van der Waals surface area contributed by atoms with Gasteiger partial charge in [-0.15, -0.1) is 0 Å². The zero-order chi connectivity index (χ0) is 14.7. The van der Waals surface area contributed by atoms with E-state index in [2.05, 4.69) is 9.97 Å². The number of benzene rings is 1. The number of halogens is 1. The molecule has 0 aliphatic heterocycles. The first kappa shape index (κ1) is 14.6. The van der Waals surface area contributed by atoms with E-state index >= 15 is 0 Å². The van der Waals surface area contributed by atoms with Gasteiger partial charge in [0.2, 0.25) is 0 Å². The molecule has 4 nitrogen and oxygen atoms in total. The summed E-state index contributed by atoms with van der Waals surface area (Å²) < 4.78 is 19.2. The van der Waals surface area contributed by atoms with E-state index in [1.54, 1.807) is 12.3 Å². The largest absolute Gasteiger partial charge is 0.488 e. The zero-order valence-corrected chi connectivity index (χ0v) is 12.4. The van der Waals surface area contributed by atoms with Gasteiger partial charge in [-0.25, -0.2) is 14.4 Å². The molecule has 2 N–H and O–H groups in total. The van der Waals surface area contributed by atoms with E-state index in [0.717, 1.165) is 5.69 Å². The number of rotatable bonds is 4. The lowest BCUT2D eigenvalue weighted by atomic mass is 10.3. The molecule has 0 aliphatic carbocycles. The minimum absolute atomic E-state index is 0.110. The highest BCUT2D eigenvalue weighted by molar-refractivity contribution is 7.99. The molecule has 0 bridgehead atoms. The van der Waals surface area contributed by atoms with Crippen LogP contribution in [0.4, 0.5) is 10.1 Å². The van der Waals surface area contributed by atoms with Crippen molar-refractivity contribution in [2.24, 2.45) is 0 Å². The number of nitrogen functional groups attached to an aromatic ring is 1. The molecule has 106 valence electrons. The van der Waals surface area contributed by atoms with Gasteiger partial charge in [0.15, 0.2) is 16.7 Å². The average Bonchev–Trinajstić information content (AvgIpc) is 2.34. The van der Waals surface area contributed by atoms with Gasteiger partial charge < -0.3 is 10.5 Å². The van der Waals surface area contributed by atoms with Crippen molar-refractivity contribution >= 4 is 17.4 Å². The lowest BCUT2D eigenvalue weighted by molar-refractivity contribution is 0.230. The highest BCUT2D eigenvalue weighted by atomic mass is 32.2. The van der Waals surface area contributed by atoms with Crippen LogP contribution in [0.5, 0.6) is 5.75 Å². The fourth-order valence-corrected chi connectivity index (χ4v) is 2.40. The number of anilines is 1. The first-order valence-corrected chi connectivity index (χ1v) is 7.00. The van der Waals surface area contributed by atoms with E-state index < -0.39 is 5.82 Å². The predicted octanol–water partition coefficient (Wildman–Crippen LogP) is 3.44. The zero-order valence-electron chi connectivity index (χ0n) is 11.6. The number of ether oxygens (including phenoxy) is 1. The minimum Gasteiger partial charge on any atom is -0.488 e. The summed E-state index contributed by atoms with van der Waals surface area (Å²) in [6.07, 6.45) is 1.57. The Labute approximate surface area is 121 Å². The summed E-state index contributed by atoms with van der Waals surface area (Å²) in [7, 11) is 0. The number of aromatic nitrogens is 2. The van der Waals surface area contributed by atoms with Crippen molar-refractivity contribution in [3.63, 3.8) is 0 Å². The van der Waals surface area contributed by atoms with Gasteiger partial charge in [0.05, 0.1) is 6.10 Å². The Bertz CT molecular complexity index is 619. The van der Waals surface area contributed by atoms with Crippen molar-refractivity contribution in [1.29, 1.82) is 0 Å². The molecule has 1 aromatic heterocycles. The van der Waals surface area contributed by atoms with Gasteiger partial charge in [-0.3, -0.25) is 0 Å². The molecule has 6 heteroatoms. The maximum atomic E-state index is 13.7. The van der Waals surface area contributed by atoms with Crippen molar-refractivity contribution in [2.45, 2.75) is 36.9 Å². The van der Waals surface area contributed by atoms with E-state index in [1.165, 1.54) is 17.8 Å². The lowest BCUT2D eigenvalue weighted by Crippen LogP contribution is -2.07. The topological polar surface area (TPSA) is 61.0 Å². The number of aryl methyl sites for hydroxylation is 1. The summed E-state index contributed by atoms with van der Waals surface area (Å²) in [5, 5.41) is 0.568. The molecular formula is C14H16FN3OS. The second-order valence-electron chi connectivity index (χ2n) is 4.57. The number of hydrogen-bond donors (Lipinski definition) is 1. The first-order valence-electron chi connectivity index (χ1n) is 6.19. The van der Waals surface area contributed by atoms with E-state index in [1.807, 2.05) is 26.8 Å². The van der Waals surface area contributed by atoms with E-state index in [-0.39, 0.29) is 11.9 Å². The molecule has 0 atom stereocenters. The molecule has 0 spiro atoms. The van der Waals surface area contributed by atoms with Crippen molar-refractivity contribution in [1.82, 2.24) is 9.97 Å². The Morgan fingerprint density at radius 3 is 2.75 bits per heavy atom. The molecule has 1 heterocycles. The summed E-state index contributed by atoms with van der Waals surface area (Å²) in [4.78, 5) is 9.11. The van der Waals surface area contributed by atoms with Crippen LogP contribution in [0.25, 0.3) is 0 Å². The minimum atomic E-state index is -0.467. The third-order valence-electron chi connectivity index (χ3n) is 2.40. The monoisotopic (exact) mass is 293 g/mol. The standard InChI is InChI=1S/C14H16FN3OS/c1-8(2)19-12-7-13(11(16)6-10(12)15)20-14-17-5-4-9(3)18-14/h4-8H,16H2,1-3H3. The van der Waals surface area contributed by atoms with E-state index in [9.17, 15) is 4.39 Å². The van der Waals surface area contributed by atoms with Crippen LogP contribution in [0.1, 0.15) is 19.5 Å². The Balaban J connectivity index is 2.31. The van der Waals surface area contributed by atoms with Crippen molar-refractivity contribution in [2.75, 3.05) is 5.73 Å². The normalized spacial score (nSPS) is 10.8. The van der Waals surface area contributed by atoms with Crippen LogP contribution in [-0.4, -0.2) is 16.1 Å². The van der Waals surface area contributed by atoms with Crippen LogP contribution in [0, 0.1) is 12.7 Å². The van der Waals surface area contributed by atoms with Crippen molar-refractivity contribution in [3.05, 3.63) is 35.9 Å². The third-order valence-corrected chi connectivity index (χ3v) is 3.35. The molecule has 0 unspecified atom stereocenters. The van der Waals surface area contributed by atoms with Gasteiger partial charge in [-0.1, -0.05) is 0 Å². The lowest BCUT2D eigenvalue weighted by Gasteiger charge is -2.13. The Morgan fingerprint density at radius 2 is 2.10 bits per heavy atom. The first-order chi connectivity index (χ1) is 9.45. The number of nitrogens with zero attached hydrogens (tertiary/aromatic N) is 2. The van der Waals surface area contributed by atoms with Crippen LogP contribution in [0.2, 0.25) is 0 Å². The SMILES string of the molecule is Cc1ccnc(Sc2cc(OC(C)C)c(F)cc2N)n1. The second-order valence-corrected chi connectivity index (χ2v) is 5.58. The molecule has 0 amide bonds. The Kier molecular flexibility index (Phi) is 4.44. The van der Waals surface area contributed by atoms with Crippen LogP contribution in [0.15, 0.2) is 34.4 Å². The highest BCUT2D eigenvalue weighted by Crippen LogP contribution is 2.34. The predicted molar refractivity (Wildman–Crippen MR) is 77.5 cm³/mol. The molecule has 0 saturated carbocycles. The summed E-state index contributed by atoms with van der Waals surface area (Å²) in [6.45, 7) is 5.56. The fraction of sp³-hybridized carbons (Fsp3) is 0.286. The van der Waals surface area contributed by atoms with Gasteiger partial charge in [0, 0.05) is 28.5 Å². The molecule has 1 aromatic carbocycles. The van der Waals surface area contributed by atoms with Crippen LogP contribution in [-0.2, 0) is 0 Å².